The minimum atomic E-state index is -0.795. The first kappa shape index (κ1) is 22.6. The van der Waals surface area contributed by atoms with Crippen LogP contribution in [0.5, 0.6) is 0 Å². The number of nitrogens with zero attached hydrogens (tertiary/aromatic N) is 1. The third kappa shape index (κ3) is 3.81. The van der Waals surface area contributed by atoms with Gasteiger partial charge >= 0.3 is 5.97 Å². The van der Waals surface area contributed by atoms with E-state index in [0.29, 0.717) is 0 Å². The highest BCUT2D eigenvalue weighted by Gasteiger charge is 2.64. The molecule has 1 N–H and O–H groups in total. The molecule has 4 nitrogen and oxygen atoms in total. The van der Waals surface area contributed by atoms with Gasteiger partial charge in [0.2, 0.25) is 5.91 Å². The summed E-state index contributed by atoms with van der Waals surface area (Å²) in [6.45, 7) is 14.3. The Kier molecular flexibility index (Phi) is 5.46. The molecule has 4 atom stereocenters. The van der Waals surface area contributed by atoms with Crippen LogP contribution in [-0.2, 0) is 15.0 Å². The van der Waals surface area contributed by atoms with Gasteiger partial charge in [-0.3, -0.25) is 9.59 Å². The monoisotopic (exact) mass is 411 g/mol. The Labute approximate surface area is 181 Å². The highest BCUT2D eigenvalue weighted by atomic mass is 16.4. The number of carboxylic acid groups (broad SMARTS) is 1. The van der Waals surface area contributed by atoms with Crippen LogP contribution >= 0.6 is 0 Å². The Morgan fingerprint density at radius 1 is 1.20 bits per heavy atom. The minimum Gasteiger partial charge on any atom is -0.481 e. The van der Waals surface area contributed by atoms with Crippen LogP contribution < -0.4 is 0 Å². The van der Waals surface area contributed by atoms with Gasteiger partial charge in [-0.25, -0.2) is 0 Å². The molecule has 0 aliphatic heterocycles. The van der Waals surface area contributed by atoms with E-state index >= 15 is 0 Å². The third-order valence-electron chi connectivity index (χ3n) is 8.22. The van der Waals surface area contributed by atoms with E-state index in [-0.39, 0.29) is 34.6 Å². The molecule has 1 aromatic carbocycles. The number of amides is 1. The van der Waals surface area contributed by atoms with Crippen LogP contribution in [0.4, 0.5) is 0 Å². The Morgan fingerprint density at radius 3 is 2.33 bits per heavy atom. The topological polar surface area (TPSA) is 57.6 Å². The van der Waals surface area contributed by atoms with Gasteiger partial charge in [0, 0.05) is 12.6 Å². The quantitative estimate of drug-likeness (QED) is 0.643. The SMILES string of the molecule is C=Cc1ccc(C2(C)CCC(C)(N(C)C(=O)C3(C)CC3C(C)(C)CC(=O)O)C2)cc1. The second-order valence-corrected chi connectivity index (χ2v) is 11.2. The van der Waals surface area contributed by atoms with Crippen LogP contribution in [0.1, 0.15) is 77.8 Å². The first-order chi connectivity index (χ1) is 13.8. The molecule has 164 valence electrons. The summed E-state index contributed by atoms with van der Waals surface area (Å²) < 4.78 is 0. The van der Waals surface area contributed by atoms with Gasteiger partial charge in [-0.05, 0) is 60.5 Å². The van der Waals surface area contributed by atoms with E-state index in [9.17, 15) is 14.7 Å². The number of carbonyl (C=O) groups is 2. The van der Waals surface area contributed by atoms with Crippen LogP contribution in [0.15, 0.2) is 30.8 Å². The lowest BCUT2D eigenvalue weighted by atomic mass is 9.78. The summed E-state index contributed by atoms with van der Waals surface area (Å²) in [7, 11) is 1.94. The lowest BCUT2D eigenvalue weighted by molar-refractivity contribution is -0.144. The molecule has 4 heteroatoms. The number of hydrogen-bond acceptors (Lipinski definition) is 2. The summed E-state index contributed by atoms with van der Waals surface area (Å²) in [5, 5.41) is 9.26. The number of carbonyl (C=O) groups excluding carboxylic acids is 1. The molecule has 1 aromatic rings. The van der Waals surface area contributed by atoms with Gasteiger partial charge in [-0.15, -0.1) is 0 Å². The van der Waals surface area contributed by atoms with Crippen molar-refractivity contribution in [2.24, 2.45) is 16.7 Å². The highest BCUT2D eigenvalue weighted by molar-refractivity contribution is 5.86. The van der Waals surface area contributed by atoms with Crippen molar-refractivity contribution in [3.05, 3.63) is 42.0 Å². The Bertz CT molecular complexity index is 858. The van der Waals surface area contributed by atoms with Gasteiger partial charge in [-0.1, -0.05) is 64.6 Å². The average Bonchev–Trinajstić information content (AvgIpc) is 3.28. The standard InChI is InChI=1S/C26H37NO3/c1-8-18-9-11-19(12-10-18)24(4)13-14-25(5,17-24)27(7)22(30)26(6)15-20(26)23(2,3)16-21(28)29/h8-12,20H,1,13-17H2,2-7H3,(H,28,29). The maximum absolute atomic E-state index is 13.6. The van der Waals surface area contributed by atoms with Gasteiger partial charge in [0.1, 0.15) is 0 Å². The summed E-state index contributed by atoms with van der Waals surface area (Å²) >= 11 is 0. The van der Waals surface area contributed by atoms with Crippen LogP contribution in [0.2, 0.25) is 0 Å². The second kappa shape index (κ2) is 7.25. The summed E-state index contributed by atoms with van der Waals surface area (Å²) in [6.07, 6.45) is 5.66. The lowest BCUT2D eigenvalue weighted by Crippen LogP contribution is -2.49. The molecule has 0 bridgehead atoms. The fourth-order valence-electron chi connectivity index (χ4n) is 6.00. The first-order valence-corrected chi connectivity index (χ1v) is 11.0. The lowest BCUT2D eigenvalue weighted by Gasteiger charge is -2.40. The number of benzene rings is 1. The second-order valence-electron chi connectivity index (χ2n) is 11.2. The van der Waals surface area contributed by atoms with E-state index in [2.05, 4.69) is 44.7 Å². The average molecular weight is 412 g/mol. The first-order valence-electron chi connectivity index (χ1n) is 11.0. The third-order valence-corrected chi connectivity index (χ3v) is 8.22. The van der Waals surface area contributed by atoms with Crippen LogP contribution in [0.25, 0.3) is 6.08 Å². The molecule has 0 spiro atoms. The number of carboxylic acids is 1. The number of rotatable bonds is 7. The molecule has 30 heavy (non-hydrogen) atoms. The van der Waals surface area contributed by atoms with E-state index in [1.807, 2.05) is 38.8 Å². The Hall–Kier alpha value is -2.10. The molecular weight excluding hydrogens is 374 g/mol. The van der Waals surface area contributed by atoms with E-state index in [0.717, 1.165) is 31.2 Å². The molecule has 2 fully saturated rings. The maximum Gasteiger partial charge on any atom is 0.303 e. The van der Waals surface area contributed by atoms with Gasteiger partial charge in [0.25, 0.3) is 0 Å². The molecule has 2 aliphatic carbocycles. The largest absolute Gasteiger partial charge is 0.481 e. The van der Waals surface area contributed by atoms with Crippen molar-refractivity contribution in [3.8, 4) is 0 Å². The van der Waals surface area contributed by atoms with Gasteiger partial charge in [0.05, 0.1) is 11.8 Å². The molecule has 0 saturated heterocycles. The Balaban J connectivity index is 1.75. The molecule has 2 aliphatic rings. The van der Waals surface area contributed by atoms with Crippen molar-refractivity contribution in [2.75, 3.05) is 7.05 Å². The summed E-state index contributed by atoms with van der Waals surface area (Å²) in [5.74, 6) is -0.519. The van der Waals surface area contributed by atoms with E-state index in [1.54, 1.807) is 0 Å². The van der Waals surface area contributed by atoms with Gasteiger partial charge in [0.15, 0.2) is 0 Å². The fraction of sp³-hybridized carbons (Fsp3) is 0.615. The molecule has 3 rings (SSSR count). The van der Waals surface area contributed by atoms with E-state index in [4.69, 9.17) is 0 Å². The van der Waals surface area contributed by atoms with Crippen molar-refractivity contribution in [2.45, 2.75) is 77.7 Å². The molecule has 0 heterocycles. The minimum absolute atomic E-state index is 0.0371. The smallest absolute Gasteiger partial charge is 0.303 e. The summed E-state index contributed by atoms with van der Waals surface area (Å²) in [4.78, 5) is 26.8. The molecule has 1 amide bonds. The molecule has 2 saturated carbocycles. The van der Waals surface area contributed by atoms with Crippen molar-refractivity contribution in [1.82, 2.24) is 4.90 Å². The predicted octanol–water partition coefficient (Wildman–Crippen LogP) is 5.52. The van der Waals surface area contributed by atoms with Crippen LogP contribution in [-0.4, -0.2) is 34.5 Å². The molecule has 4 unspecified atom stereocenters. The summed E-state index contributed by atoms with van der Waals surface area (Å²) in [5.41, 5.74) is 1.44. The molecule has 0 radical (unpaired) electrons. The highest BCUT2D eigenvalue weighted by Crippen LogP contribution is 2.63. The fourth-order valence-corrected chi connectivity index (χ4v) is 6.00. The van der Waals surface area contributed by atoms with Crippen molar-refractivity contribution in [3.63, 3.8) is 0 Å². The summed E-state index contributed by atoms with van der Waals surface area (Å²) in [6, 6.07) is 8.60. The Morgan fingerprint density at radius 2 is 1.80 bits per heavy atom. The van der Waals surface area contributed by atoms with Crippen LogP contribution in [0, 0.1) is 16.7 Å². The molecular formula is C26H37NO3. The number of aliphatic carboxylic acids is 1. The van der Waals surface area contributed by atoms with Crippen molar-refractivity contribution in [1.29, 1.82) is 0 Å². The number of hydrogen-bond donors (Lipinski definition) is 1. The van der Waals surface area contributed by atoms with E-state index in [1.165, 1.54) is 5.56 Å². The van der Waals surface area contributed by atoms with Crippen LogP contribution in [0.3, 0.4) is 0 Å². The predicted molar refractivity (Wildman–Crippen MR) is 121 cm³/mol. The van der Waals surface area contributed by atoms with Crippen molar-refractivity contribution >= 4 is 18.0 Å². The normalized spacial score (nSPS) is 33.2. The zero-order valence-corrected chi connectivity index (χ0v) is 19.4. The van der Waals surface area contributed by atoms with Crippen molar-refractivity contribution < 1.29 is 14.7 Å². The maximum atomic E-state index is 13.6. The van der Waals surface area contributed by atoms with Gasteiger partial charge in [-0.2, -0.15) is 0 Å². The zero-order valence-electron chi connectivity index (χ0n) is 19.4. The zero-order chi connectivity index (χ0) is 22.5. The molecule has 0 aromatic heterocycles. The van der Waals surface area contributed by atoms with E-state index < -0.39 is 11.4 Å². The van der Waals surface area contributed by atoms with Gasteiger partial charge < -0.3 is 10.0 Å².